The first-order valence-electron chi connectivity index (χ1n) is 7.60. The molecule has 4 rings (SSSR count). The van der Waals surface area contributed by atoms with Gasteiger partial charge < -0.3 is 9.05 Å². The summed E-state index contributed by atoms with van der Waals surface area (Å²) in [7, 11) is -2.33. The molecule has 0 N–H and O–H groups in total. The van der Waals surface area contributed by atoms with Gasteiger partial charge in [0.15, 0.2) is 0 Å². The Balaban J connectivity index is 1.62. The van der Waals surface area contributed by atoms with Crippen LogP contribution in [-0.4, -0.2) is 0 Å². The van der Waals surface area contributed by atoms with Gasteiger partial charge in [0.2, 0.25) is 0 Å². The maximum absolute atomic E-state index is 12.4. The van der Waals surface area contributed by atoms with Gasteiger partial charge in [-0.3, -0.25) is 0 Å². The van der Waals surface area contributed by atoms with Crippen LogP contribution in [0.4, 0.5) is 0 Å². The van der Waals surface area contributed by atoms with Crippen LogP contribution in [0.2, 0.25) is 0 Å². The minimum absolute atomic E-state index is 0.550. The Morgan fingerprint density at radius 3 is 1.46 bits per heavy atom. The Bertz CT molecular complexity index is 949. The molecule has 0 bridgehead atoms. The van der Waals surface area contributed by atoms with Crippen molar-refractivity contribution in [1.29, 1.82) is 0 Å². The third-order valence-electron chi connectivity index (χ3n) is 3.85. The van der Waals surface area contributed by atoms with E-state index in [1.54, 1.807) is 12.1 Å². The standard InChI is InChI=1S/C20H14O3P/c21-24(22-19-13-5-9-15-7-1-3-11-17(15)19)23-20-14-6-10-16-8-2-4-12-18(16)20/h1-14H. The molecular weight excluding hydrogens is 319 g/mol. The molecule has 1 radical (unpaired) electrons. The van der Waals surface area contributed by atoms with Crippen molar-refractivity contribution in [3.63, 3.8) is 0 Å². The van der Waals surface area contributed by atoms with E-state index >= 15 is 0 Å². The summed E-state index contributed by atoms with van der Waals surface area (Å²) in [5, 5.41) is 3.88. The van der Waals surface area contributed by atoms with Crippen LogP contribution in [-0.2, 0) is 4.57 Å². The molecule has 0 saturated carbocycles. The lowest BCUT2D eigenvalue weighted by Gasteiger charge is -2.09. The normalized spacial score (nSPS) is 10.7. The Morgan fingerprint density at radius 2 is 0.958 bits per heavy atom. The lowest BCUT2D eigenvalue weighted by molar-refractivity contribution is 0.419. The second-order valence-electron chi connectivity index (χ2n) is 5.36. The van der Waals surface area contributed by atoms with E-state index in [0.29, 0.717) is 11.5 Å². The van der Waals surface area contributed by atoms with Gasteiger partial charge in [0.1, 0.15) is 11.5 Å². The van der Waals surface area contributed by atoms with Crippen molar-refractivity contribution in [3.05, 3.63) is 84.9 Å². The molecule has 117 valence electrons. The van der Waals surface area contributed by atoms with Crippen LogP contribution < -0.4 is 9.05 Å². The van der Waals surface area contributed by atoms with E-state index in [2.05, 4.69) is 0 Å². The first kappa shape index (κ1) is 14.7. The molecule has 3 nitrogen and oxygen atoms in total. The Labute approximate surface area is 140 Å². The van der Waals surface area contributed by atoms with Gasteiger partial charge in [0, 0.05) is 10.8 Å². The van der Waals surface area contributed by atoms with Gasteiger partial charge in [-0.25, -0.2) is 0 Å². The van der Waals surface area contributed by atoms with Crippen LogP contribution in [0.1, 0.15) is 0 Å². The Kier molecular flexibility index (Phi) is 3.86. The van der Waals surface area contributed by atoms with Crippen molar-refractivity contribution < 1.29 is 13.6 Å². The summed E-state index contributed by atoms with van der Waals surface area (Å²) in [4.78, 5) is 0. The average molecular weight is 333 g/mol. The average Bonchev–Trinajstić information content (AvgIpc) is 2.62. The molecule has 0 aliphatic carbocycles. The third kappa shape index (κ3) is 2.82. The summed E-state index contributed by atoms with van der Waals surface area (Å²) in [5.41, 5.74) is 0. The summed E-state index contributed by atoms with van der Waals surface area (Å²) in [5.74, 6) is 1.10. The molecule has 0 aliphatic rings. The Hall–Kier alpha value is -2.90. The summed E-state index contributed by atoms with van der Waals surface area (Å²) < 4.78 is 23.5. The maximum atomic E-state index is 12.4. The lowest BCUT2D eigenvalue weighted by atomic mass is 10.1. The van der Waals surface area contributed by atoms with Crippen LogP contribution in [0, 0.1) is 0 Å². The number of hydrogen-bond donors (Lipinski definition) is 0. The molecule has 0 aromatic heterocycles. The number of rotatable bonds is 4. The van der Waals surface area contributed by atoms with E-state index in [1.807, 2.05) is 72.8 Å². The van der Waals surface area contributed by atoms with E-state index in [9.17, 15) is 4.57 Å². The van der Waals surface area contributed by atoms with Gasteiger partial charge in [-0.15, -0.1) is 0 Å². The zero-order chi connectivity index (χ0) is 16.4. The van der Waals surface area contributed by atoms with Crippen molar-refractivity contribution >= 4 is 29.8 Å². The van der Waals surface area contributed by atoms with E-state index in [4.69, 9.17) is 9.05 Å². The second-order valence-corrected chi connectivity index (χ2v) is 6.17. The van der Waals surface area contributed by atoms with Gasteiger partial charge in [0.05, 0.1) is 0 Å². The van der Waals surface area contributed by atoms with Gasteiger partial charge in [-0.2, -0.15) is 4.57 Å². The minimum Gasteiger partial charge on any atom is -0.388 e. The molecule has 0 unspecified atom stereocenters. The molecule has 0 fully saturated rings. The predicted octanol–water partition coefficient (Wildman–Crippen LogP) is 6.11. The summed E-state index contributed by atoms with van der Waals surface area (Å²) in [6.45, 7) is 0. The summed E-state index contributed by atoms with van der Waals surface area (Å²) in [6.07, 6.45) is 0. The van der Waals surface area contributed by atoms with Crippen LogP contribution in [0.15, 0.2) is 84.9 Å². The molecule has 0 atom stereocenters. The van der Waals surface area contributed by atoms with Gasteiger partial charge in [-0.1, -0.05) is 72.8 Å². The van der Waals surface area contributed by atoms with Crippen molar-refractivity contribution in [1.82, 2.24) is 0 Å². The van der Waals surface area contributed by atoms with E-state index in [-0.39, 0.29) is 0 Å². The molecule has 0 spiro atoms. The maximum Gasteiger partial charge on any atom is 0.492 e. The fourth-order valence-electron chi connectivity index (χ4n) is 2.73. The zero-order valence-electron chi connectivity index (χ0n) is 12.8. The van der Waals surface area contributed by atoms with Gasteiger partial charge in [-0.05, 0) is 22.9 Å². The highest BCUT2D eigenvalue weighted by Gasteiger charge is 2.11. The monoisotopic (exact) mass is 333 g/mol. The number of benzene rings is 4. The highest BCUT2D eigenvalue weighted by atomic mass is 31.1. The highest BCUT2D eigenvalue weighted by molar-refractivity contribution is 7.34. The first-order valence-corrected chi connectivity index (χ1v) is 8.69. The summed E-state index contributed by atoms with van der Waals surface area (Å²) in [6, 6.07) is 26.9. The van der Waals surface area contributed by atoms with E-state index < -0.39 is 8.25 Å². The molecular formula is C20H14O3P. The molecule has 4 aromatic rings. The fourth-order valence-corrected chi connectivity index (χ4v) is 3.41. The predicted molar refractivity (Wildman–Crippen MR) is 96.8 cm³/mol. The minimum atomic E-state index is -2.33. The molecule has 0 aliphatic heterocycles. The largest absolute Gasteiger partial charge is 0.492 e. The zero-order valence-corrected chi connectivity index (χ0v) is 13.6. The smallest absolute Gasteiger partial charge is 0.388 e. The number of hydrogen-bond acceptors (Lipinski definition) is 3. The topological polar surface area (TPSA) is 35.5 Å². The first-order chi connectivity index (χ1) is 11.8. The van der Waals surface area contributed by atoms with Gasteiger partial charge >= 0.3 is 8.25 Å². The lowest BCUT2D eigenvalue weighted by Crippen LogP contribution is -1.90. The highest BCUT2D eigenvalue weighted by Crippen LogP contribution is 2.37. The van der Waals surface area contributed by atoms with Crippen molar-refractivity contribution in [2.24, 2.45) is 0 Å². The quantitative estimate of drug-likeness (QED) is 0.423. The van der Waals surface area contributed by atoms with Crippen LogP contribution in [0.25, 0.3) is 21.5 Å². The third-order valence-corrected chi connectivity index (χ3v) is 4.54. The molecule has 4 aromatic carbocycles. The van der Waals surface area contributed by atoms with Crippen LogP contribution >= 0.6 is 8.25 Å². The van der Waals surface area contributed by atoms with E-state index in [1.165, 1.54) is 0 Å². The van der Waals surface area contributed by atoms with Crippen LogP contribution in [0.5, 0.6) is 11.5 Å². The fraction of sp³-hybridized carbons (Fsp3) is 0. The second kappa shape index (κ2) is 6.31. The van der Waals surface area contributed by atoms with Crippen molar-refractivity contribution in [2.75, 3.05) is 0 Å². The molecule has 4 heteroatoms. The molecule has 0 amide bonds. The number of fused-ring (bicyclic) bond motifs is 2. The van der Waals surface area contributed by atoms with Crippen LogP contribution in [0.3, 0.4) is 0 Å². The van der Waals surface area contributed by atoms with Crippen molar-refractivity contribution in [3.8, 4) is 11.5 Å². The summed E-state index contributed by atoms with van der Waals surface area (Å²) >= 11 is 0. The van der Waals surface area contributed by atoms with E-state index in [0.717, 1.165) is 21.5 Å². The molecule has 24 heavy (non-hydrogen) atoms. The van der Waals surface area contributed by atoms with Gasteiger partial charge in [0.25, 0.3) is 0 Å². The SMILES string of the molecule is O=[P](Oc1cccc2ccccc12)Oc1cccc2ccccc12. The molecule has 0 saturated heterocycles. The Morgan fingerprint density at radius 1 is 0.542 bits per heavy atom. The molecule has 0 heterocycles. The van der Waals surface area contributed by atoms with Crippen molar-refractivity contribution in [2.45, 2.75) is 0 Å².